The molecule has 0 aliphatic heterocycles. The molecule has 0 unspecified atom stereocenters. The molecule has 0 fully saturated rings. The van der Waals surface area contributed by atoms with Crippen molar-refractivity contribution in [2.45, 2.75) is 63.9 Å². The molecular weight excluding hydrogens is 288 g/mol. The first-order chi connectivity index (χ1) is 9.80. The lowest BCUT2D eigenvalue weighted by Crippen LogP contribution is -2.43. The number of hydrogen-bond acceptors (Lipinski definition) is 4. The predicted molar refractivity (Wildman–Crippen MR) is 84.7 cm³/mol. The first kappa shape index (κ1) is 18.1. The van der Waals surface area contributed by atoms with Crippen LogP contribution in [0.1, 0.15) is 47.0 Å². The highest BCUT2D eigenvalue weighted by Gasteiger charge is 2.26. The van der Waals surface area contributed by atoms with Crippen molar-refractivity contribution in [3.8, 4) is 0 Å². The summed E-state index contributed by atoms with van der Waals surface area (Å²) in [5, 5.41) is 7.37. The number of nitrogens with one attached hydrogen (secondary N) is 2. The van der Waals surface area contributed by atoms with Gasteiger partial charge in [-0.2, -0.15) is 5.10 Å². The molecule has 7 heteroatoms. The molecule has 0 saturated heterocycles. The summed E-state index contributed by atoms with van der Waals surface area (Å²) in [5.41, 5.74) is -0.446. The van der Waals surface area contributed by atoms with Gasteiger partial charge in [-0.05, 0) is 33.2 Å². The topological polar surface area (TPSA) is 76.0 Å². The fourth-order valence-electron chi connectivity index (χ4n) is 2.20. The largest absolute Gasteiger partial charge is 0.315 e. The van der Waals surface area contributed by atoms with Crippen molar-refractivity contribution in [2.75, 3.05) is 13.1 Å². The van der Waals surface area contributed by atoms with Crippen LogP contribution in [0, 0.1) is 0 Å². The first-order valence-corrected chi connectivity index (χ1v) is 9.06. The molecule has 0 radical (unpaired) electrons. The molecule has 0 atom stereocenters. The number of sulfonamides is 1. The highest BCUT2D eigenvalue weighted by molar-refractivity contribution is 7.89. The van der Waals surface area contributed by atoms with Gasteiger partial charge in [-0.3, -0.25) is 4.68 Å². The predicted octanol–water partition coefficient (Wildman–Crippen LogP) is 1.74. The van der Waals surface area contributed by atoms with Gasteiger partial charge in [0.05, 0.1) is 12.7 Å². The van der Waals surface area contributed by atoms with E-state index < -0.39 is 15.6 Å². The van der Waals surface area contributed by atoms with Gasteiger partial charge in [-0.1, -0.05) is 20.3 Å². The summed E-state index contributed by atoms with van der Waals surface area (Å²) in [4.78, 5) is 0.224. The van der Waals surface area contributed by atoms with Crippen molar-refractivity contribution in [1.29, 1.82) is 0 Å². The van der Waals surface area contributed by atoms with Crippen LogP contribution in [0.5, 0.6) is 0 Å². The van der Waals surface area contributed by atoms with Crippen LogP contribution in [0.2, 0.25) is 0 Å². The molecular formula is C14H28N4O2S. The third kappa shape index (κ3) is 6.15. The van der Waals surface area contributed by atoms with E-state index in [0.717, 1.165) is 32.4 Å². The maximum absolute atomic E-state index is 12.3. The van der Waals surface area contributed by atoms with Crippen molar-refractivity contribution in [2.24, 2.45) is 0 Å². The number of aromatic nitrogens is 2. The minimum atomic E-state index is -3.51. The highest BCUT2D eigenvalue weighted by atomic mass is 32.2. The van der Waals surface area contributed by atoms with Crippen molar-refractivity contribution >= 4 is 10.0 Å². The van der Waals surface area contributed by atoms with E-state index in [1.807, 2.05) is 20.8 Å². The zero-order valence-electron chi connectivity index (χ0n) is 13.5. The Morgan fingerprint density at radius 2 is 1.95 bits per heavy atom. The highest BCUT2D eigenvalue weighted by Crippen LogP contribution is 2.16. The van der Waals surface area contributed by atoms with Crippen molar-refractivity contribution in [1.82, 2.24) is 19.8 Å². The van der Waals surface area contributed by atoms with Crippen LogP contribution in [0.3, 0.4) is 0 Å². The van der Waals surface area contributed by atoms with E-state index in [9.17, 15) is 8.42 Å². The van der Waals surface area contributed by atoms with Gasteiger partial charge in [0.1, 0.15) is 4.90 Å². The minimum Gasteiger partial charge on any atom is -0.315 e. The van der Waals surface area contributed by atoms with Gasteiger partial charge in [0.2, 0.25) is 10.0 Å². The lowest BCUT2D eigenvalue weighted by Gasteiger charge is -2.24. The quantitative estimate of drug-likeness (QED) is 0.645. The molecule has 0 aromatic carbocycles. The van der Waals surface area contributed by atoms with Crippen LogP contribution in [0.25, 0.3) is 0 Å². The second-order valence-corrected chi connectivity index (χ2v) is 7.61. The molecule has 122 valence electrons. The van der Waals surface area contributed by atoms with Gasteiger partial charge in [-0.15, -0.1) is 0 Å². The van der Waals surface area contributed by atoms with Gasteiger partial charge in [0.15, 0.2) is 0 Å². The van der Waals surface area contributed by atoms with E-state index in [1.54, 1.807) is 10.9 Å². The van der Waals surface area contributed by atoms with Gasteiger partial charge < -0.3 is 5.32 Å². The number of hydrogen-bond donors (Lipinski definition) is 2. The Labute approximate surface area is 128 Å². The van der Waals surface area contributed by atoms with Gasteiger partial charge in [0, 0.05) is 18.3 Å². The van der Waals surface area contributed by atoms with Crippen molar-refractivity contribution < 1.29 is 8.42 Å². The third-order valence-corrected chi connectivity index (χ3v) is 4.80. The van der Waals surface area contributed by atoms with Gasteiger partial charge >= 0.3 is 0 Å². The van der Waals surface area contributed by atoms with Crippen molar-refractivity contribution in [3.05, 3.63) is 12.4 Å². The summed E-state index contributed by atoms with van der Waals surface area (Å²) >= 11 is 0. The van der Waals surface area contributed by atoms with Crippen LogP contribution in [0.15, 0.2) is 17.3 Å². The molecule has 0 amide bonds. The summed E-state index contributed by atoms with van der Waals surface area (Å²) in [7, 11) is -3.51. The zero-order chi connectivity index (χ0) is 15.9. The first-order valence-electron chi connectivity index (χ1n) is 7.58. The lowest BCUT2D eigenvalue weighted by molar-refractivity contribution is 0.417. The van der Waals surface area contributed by atoms with E-state index in [1.165, 1.54) is 6.20 Å². The fourth-order valence-corrected chi connectivity index (χ4v) is 3.59. The Morgan fingerprint density at radius 1 is 1.24 bits per heavy atom. The molecule has 21 heavy (non-hydrogen) atoms. The normalized spacial score (nSPS) is 12.8. The van der Waals surface area contributed by atoms with Crippen LogP contribution < -0.4 is 10.0 Å². The smallest absolute Gasteiger partial charge is 0.244 e. The molecule has 1 aromatic rings. The molecule has 6 nitrogen and oxygen atoms in total. The maximum atomic E-state index is 12.3. The molecule has 1 heterocycles. The van der Waals surface area contributed by atoms with Crippen LogP contribution in [-0.4, -0.2) is 36.8 Å². The second kappa shape index (κ2) is 7.91. The molecule has 0 spiro atoms. The second-order valence-electron chi connectivity index (χ2n) is 5.93. The van der Waals surface area contributed by atoms with E-state index in [0.29, 0.717) is 6.54 Å². The average molecular weight is 316 g/mol. The molecule has 0 bridgehead atoms. The summed E-state index contributed by atoms with van der Waals surface area (Å²) in [6.45, 7) is 10.3. The summed E-state index contributed by atoms with van der Waals surface area (Å²) in [5.74, 6) is 0. The Morgan fingerprint density at radius 3 is 2.57 bits per heavy atom. The molecule has 0 saturated carbocycles. The van der Waals surface area contributed by atoms with Gasteiger partial charge in [-0.25, -0.2) is 13.1 Å². The number of nitrogens with zero attached hydrogens (tertiary/aromatic N) is 2. The fraction of sp³-hybridized carbons (Fsp3) is 0.786. The number of rotatable bonds is 10. The molecule has 1 rings (SSSR count). The van der Waals surface area contributed by atoms with Crippen LogP contribution in [-0.2, 0) is 16.6 Å². The minimum absolute atomic E-state index is 0.224. The Bertz CT molecular complexity index is 523. The Kier molecular flexibility index (Phi) is 6.83. The van der Waals surface area contributed by atoms with Gasteiger partial charge in [0.25, 0.3) is 0 Å². The monoisotopic (exact) mass is 316 g/mol. The van der Waals surface area contributed by atoms with Crippen LogP contribution >= 0.6 is 0 Å². The average Bonchev–Trinajstić information content (AvgIpc) is 2.82. The zero-order valence-corrected chi connectivity index (χ0v) is 14.3. The van der Waals surface area contributed by atoms with Crippen LogP contribution in [0.4, 0.5) is 0 Å². The van der Waals surface area contributed by atoms with E-state index in [2.05, 4.69) is 22.1 Å². The standard InChI is InChI=1S/C14H28N4O2S/c1-5-7-14(3,4)17-21(19,20)13-11-16-18(12-13)10-9-15-8-6-2/h11-12,15,17H,5-10H2,1-4H3. The summed E-state index contributed by atoms with van der Waals surface area (Å²) in [6.07, 6.45) is 5.79. The summed E-state index contributed by atoms with van der Waals surface area (Å²) in [6, 6.07) is 0. The van der Waals surface area contributed by atoms with Crippen molar-refractivity contribution in [3.63, 3.8) is 0 Å². The van der Waals surface area contributed by atoms with E-state index >= 15 is 0 Å². The Hall–Kier alpha value is -0.920. The maximum Gasteiger partial charge on any atom is 0.244 e. The van der Waals surface area contributed by atoms with E-state index in [4.69, 9.17) is 0 Å². The molecule has 2 N–H and O–H groups in total. The SMILES string of the molecule is CCCNCCn1cc(S(=O)(=O)NC(C)(C)CCC)cn1. The third-order valence-electron chi connectivity index (χ3n) is 3.15. The van der Waals surface area contributed by atoms with E-state index in [-0.39, 0.29) is 4.90 Å². The molecule has 0 aliphatic carbocycles. The summed E-state index contributed by atoms with van der Waals surface area (Å²) < 4.78 is 29.1. The lowest BCUT2D eigenvalue weighted by atomic mass is 10.0. The molecule has 1 aromatic heterocycles. The Balaban J connectivity index is 2.66. The molecule has 0 aliphatic rings.